The number of unbranched alkanes of at least 4 members (excludes halogenated alkanes) is 2. The number of piperazine rings is 1. The van der Waals surface area contributed by atoms with Crippen molar-refractivity contribution in [3.63, 3.8) is 0 Å². The summed E-state index contributed by atoms with van der Waals surface area (Å²) >= 11 is 0. The number of carbonyl (C=O) groups excluding carboxylic acids is 3. The van der Waals surface area contributed by atoms with Crippen molar-refractivity contribution >= 4 is 23.4 Å². The Labute approximate surface area is 340 Å². The Kier molecular flexibility index (Phi) is 12.7. The number of phenolic OH excluding ortho intramolecular Hbond substituents is 1. The van der Waals surface area contributed by atoms with E-state index in [0.29, 0.717) is 43.7 Å². The van der Waals surface area contributed by atoms with E-state index in [-0.39, 0.29) is 35.8 Å². The van der Waals surface area contributed by atoms with E-state index in [1.807, 2.05) is 18.2 Å². The summed E-state index contributed by atoms with van der Waals surface area (Å²) in [6, 6.07) is 23.1. The number of halogens is 4. The minimum Gasteiger partial charge on any atom is -0.508 e. The molecule has 4 aliphatic heterocycles. The molecule has 312 valence electrons. The highest BCUT2D eigenvalue weighted by molar-refractivity contribution is 6.05. The number of amides is 3. The van der Waals surface area contributed by atoms with E-state index in [9.17, 15) is 37.1 Å². The number of hydrogen-bond acceptors (Lipinski definition) is 8. The molecule has 3 unspecified atom stereocenters. The lowest BCUT2D eigenvalue weighted by atomic mass is 9.80. The molecule has 3 amide bonds. The molecule has 0 aliphatic carbocycles. The number of benzene rings is 4. The average Bonchev–Trinajstić information content (AvgIpc) is 3.54. The number of hydrogen-bond donors (Lipinski definition) is 2. The molecule has 4 aromatic rings. The van der Waals surface area contributed by atoms with Crippen LogP contribution in [0.2, 0.25) is 0 Å². The third kappa shape index (κ3) is 9.81. The van der Waals surface area contributed by atoms with Gasteiger partial charge in [-0.25, -0.2) is 4.39 Å². The van der Waals surface area contributed by atoms with Gasteiger partial charge in [-0.2, -0.15) is 13.2 Å². The Morgan fingerprint density at radius 2 is 1.66 bits per heavy atom. The van der Waals surface area contributed by atoms with Crippen LogP contribution in [0.15, 0.2) is 84.9 Å². The first-order valence-corrected chi connectivity index (χ1v) is 20.1. The first-order chi connectivity index (χ1) is 28.4. The highest BCUT2D eigenvalue weighted by atomic mass is 19.4. The highest BCUT2D eigenvalue weighted by Crippen LogP contribution is 2.43. The normalized spacial score (nSPS) is 20.6. The van der Waals surface area contributed by atoms with E-state index in [0.717, 1.165) is 92.4 Å². The molecule has 8 rings (SSSR count). The van der Waals surface area contributed by atoms with E-state index in [2.05, 4.69) is 52.4 Å². The minimum absolute atomic E-state index is 0.131. The number of nitrogens with one attached hydrogen (secondary N) is 1. The third-order valence-corrected chi connectivity index (χ3v) is 11.5. The number of carbonyl (C=O) groups is 3. The van der Waals surface area contributed by atoms with Crippen molar-refractivity contribution < 1.29 is 46.5 Å². The number of imide groups is 1. The maximum Gasteiger partial charge on any atom is 0.419 e. The second kappa shape index (κ2) is 18.1. The molecular formula is C45H48F4N4O6. The predicted molar refractivity (Wildman–Crippen MR) is 213 cm³/mol. The van der Waals surface area contributed by atoms with Crippen LogP contribution < -0.4 is 19.7 Å². The van der Waals surface area contributed by atoms with E-state index in [1.165, 1.54) is 11.6 Å². The van der Waals surface area contributed by atoms with Crippen molar-refractivity contribution in [3.05, 3.63) is 119 Å². The molecule has 10 nitrogen and oxygen atoms in total. The topological polar surface area (TPSA) is 112 Å². The summed E-state index contributed by atoms with van der Waals surface area (Å²) in [5.74, 6) is 0.422. The number of anilines is 1. The van der Waals surface area contributed by atoms with Crippen LogP contribution in [-0.4, -0.2) is 84.6 Å². The fraction of sp³-hybridized carbons (Fsp3) is 0.400. The molecule has 4 aromatic carbocycles. The van der Waals surface area contributed by atoms with Gasteiger partial charge in [0, 0.05) is 73.9 Å². The summed E-state index contributed by atoms with van der Waals surface area (Å²) in [5, 5.41) is 12.2. The van der Waals surface area contributed by atoms with E-state index in [4.69, 9.17) is 9.47 Å². The Morgan fingerprint density at radius 1 is 0.898 bits per heavy atom. The molecule has 3 atom stereocenters. The van der Waals surface area contributed by atoms with Crippen molar-refractivity contribution in [1.82, 2.24) is 15.1 Å². The number of nitrogens with zero attached hydrogens (tertiary/aromatic N) is 3. The molecule has 4 heterocycles. The maximum absolute atomic E-state index is 13.0. The summed E-state index contributed by atoms with van der Waals surface area (Å²) in [6.07, 6.45) is -0.693. The molecule has 14 heteroatoms. The van der Waals surface area contributed by atoms with Gasteiger partial charge in [0.05, 0.1) is 18.8 Å². The molecule has 0 bridgehead atoms. The van der Waals surface area contributed by atoms with Crippen LogP contribution in [0.25, 0.3) is 0 Å². The van der Waals surface area contributed by atoms with Crippen LogP contribution in [0.1, 0.15) is 77.6 Å². The Morgan fingerprint density at radius 3 is 2.37 bits per heavy atom. The van der Waals surface area contributed by atoms with Crippen LogP contribution in [0.5, 0.6) is 17.2 Å². The average molecular weight is 817 g/mol. The molecular weight excluding hydrogens is 769 g/mol. The largest absolute Gasteiger partial charge is 0.508 e. The number of ether oxygens (including phenoxy) is 2. The molecule has 59 heavy (non-hydrogen) atoms. The molecule has 0 radical (unpaired) electrons. The first kappa shape index (κ1) is 41.5. The molecule has 2 saturated heterocycles. The number of phenols is 1. The van der Waals surface area contributed by atoms with Gasteiger partial charge in [0.1, 0.15) is 29.1 Å². The lowest BCUT2D eigenvalue weighted by Crippen LogP contribution is -2.52. The van der Waals surface area contributed by atoms with Crippen LogP contribution in [0.4, 0.5) is 23.2 Å². The van der Waals surface area contributed by atoms with Crippen molar-refractivity contribution in [1.29, 1.82) is 0 Å². The molecule has 2 fully saturated rings. The van der Waals surface area contributed by atoms with Gasteiger partial charge in [0.25, 0.3) is 5.91 Å². The third-order valence-electron chi connectivity index (χ3n) is 11.5. The summed E-state index contributed by atoms with van der Waals surface area (Å²) in [5.41, 5.74) is 3.84. The second-order valence-electron chi connectivity index (χ2n) is 15.5. The lowest BCUT2D eigenvalue weighted by molar-refractivity contribution is -0.140. The van der Waals surface area contributed by atoms with Gasteiger partial charge in [-0.1, -0.05) is 37.3 Å². The standard InChI is InChI=1S/C38H44N4O6.C7H4F4/c1-25-24-48-34-22-29(43)8-12-32(34)36(25)26-5-9-30(10-6-26)47-20-4-2-3-15-40-16-18-41(19-17-40)28-7-11-31-27(21-28)23-42(38(31)46)33-13-14-35(44)39-37(33)45;8-6-4-2-1-3-5(6)7(9,10)11/h5-12,21-22,25,33,36,43H,2-4,13-20,23-24H2,1H3,(H,39,44,45);1-4H. The van der Waals surface area contributed by atoms with Crippen LogP contribution >= 0.6 is 0 Å². The fourth-order valence-corrected chi connectivity index (χ4v) is 8.29. The maximum atomic E-state index is 13.0. The van der Waals surface area contributed by atoms with E-state index >= 15 is 0 Å². The number of piperidine rings is 1. The van der Waals surface area contributed by atoms with Crippen molar-refractivity contribution in [2.24, 2.45) is 5.92 Å². The van der Waals surface area contributed by atoms with Gasteiger partial charge in [0.2, 0.25) is 11.8 Å². The van der Waals surface area contributed by atoms with Crippen LogP contribution in [-0.2, 0) is 22.3 Å². The predicted octanol–water partition coefficient (Wildman–Crippen LogP) is 7.53. The zero-order valence-corrected chi connectivity index (χ0v) is 32.8. The number of rotatable bonds is 10. The Bertz CT molecular complexity index is 2140. The zero-order chi connectivity index (χ0) is 41.7. The molecule has 0 spiro atoms. The highest BCUT2D eigenvalue weighted by Gasteiger charge is 2.39. The van der Waals surface area contributed by atoms with Crippen LogP contribution in [0.3, 0.4) is 0 Å². The molecule has 2 N–H and O–H groups in total. The number of alkyl halides is 3. The lowest BCUT2D eigenvalue weighted by Gasteiger charge is -2.36. The fourth-order valence-electron chi connectivity index (χ4n) is 8.29. The zero-order valence-electron chi connectivity index (χ0n) is 32.8. The second-order valence-corrected chi connectivity index (χ2v) is 15.5. The summed E-state index contributed by atoms with van der Waals surface area (Å²) < 4.78 is 59.7. The summed E-state index contributed by atoms with van der Waals surface area (Å²) in [4.78, 5) is 43.5. The molecule has 0 aromatic heterocycles. The van der Waals surface area contributed by atoms with Gasteiger partial charge in [0.15, 0.2) is 0 Å². The van der Waals surface area contributed by atoms with E-state index < -0.39 is 23.6 Å². The summed E-state index contributed by atoms with van der Waals surface area (Å²) in [7, 11) is 0. The van der Waals surface area contributed by atoms with E-state index in [1.54, 1.807) is 17.0 Å². The van der Waals surface area contributed by atoms with Gasteiger partial charge in [-0.3, -0.25) is 24.6 Å². The minimum atomic E-state index is -4.59. The van der Waals surface area contributed by atoms with Gasteiger partial charge < -0.3 is 24.4 Å². The summed E-state index contributed by atoms with van der Waals surface area (Å²) in [6.45, 7) is 8.87. The van der Waals surface area contributed by atoms with Gasteiger partial charge in [-0.05, 0) is 91.9 Å². The Hall–Kier alpha value is -5.63. The molecule has 0 saturated carbocycles. The van der Waals surface area contributed by atoms with Crippen LogP contribution in [0, 0.1) is 11.7 Å². The Balaban J connectivity index is 0.000000417. The van der Waals surface area contributed by atoms with Gasteiger partial charge >= 0.3 is 6.18 Å². The first-order valence-electron chi connectivity index (χ1n) is 20.1. The quantitative estimate of drug-likeness (QED) is 0.0961. The number of aromatic hydroxyl groups is 1. The monoisotopic (exact) mass is 816 g/mol. The van der Waals surface area contributed by atoms with Gasteiger partial charge in [-0.15, -0.1) is 0 Å². The van der Waals surface area contributed by atoms with Crippen molar-refractivity contribution in [2.75, 3.05) is 50.8 Å². The molecule has 4 aliphatic rings. The number of fused-ring (bicyclic) bond motifs is 2. The van der Waals surface area contributed by atoms with Crippen molar-refractivity contribution in [2.45, 2.75) is 63.7 Å². The SMILES string of the molecule is CC1COc2cc(O)ccc2C1c1ccc(OCCCCCN2CCN(c3ccc4c(c3)CN(C3CCC(=O)NC3=O)C4=O)CC2)cc1.Fc1ccccc1C(F)(F)F. The smallest absolute Gasteiger partial charge is 0.419 e. The van der Waals surface area contributed by atoms with Crippen molar-refractivity contribution in [3.8, 4) is 17.2 Å².